The summed E-state index contributed by atoms with van der Waals surface area (Å²) >= 11 is 1.32. The normalized spacial score (nSPS) is 17.3. The highest BCUT2D eigenvalue weighted by Crippen LogP contribution is 2.34. The summed E-state index contributed by atoms with van der Waals surface area (Å²) in [4.78, 5) is 30.2. The second-order valence-electron chi connectivity index (χ2n) is 6.04. The summed E-state index contributed by atoms with van der Waals surface area (Å²) in [6.07, 6.45) is 1.75. The van der Waals surface area contributed by atoms with Gasteiger partial charge in [-0.2, -0.15) is 0 Å². The monoisotopic (exact) mass is 366 g/mol. The molecule has 132 valence electrons. The van der Waals surface area contributed by atoms with Gasteiger partial charge in [0.25, 0.3) is 5.91 Å². The van der Waals surface area contributed by atoms with Crippen LogP contribution in [0.5, 0.6) is 0 Å². The second-order valence-corrected chi connectivity index (χ2v) is 7.05. The first-order valence-electron chi connectivity index (χ1n) is 8.02. The number of carboxylic acids is 1. The average Bonchev–Trinajstić information content (AvgIpc) is 2.87. The molecule has 1 aliphatic heterocycles. The molecule has 26 heavy (non-hydrogen) atoms. The predicted octanol–water partition coefficient (Wildman–Crippen LogP) is 4.24. The first kappa shape index (κ1) is 17.9. The molecule has 1 N–H and O–H groups in total. The molecule has 2 aromatic carbocycles. The standard InChI is InChI=1S/C20H18N2O3S/c1-12-5-4-6-13(2)17(12)21-20-22(3)18(23)16(26-20)11-14-7-9-15(10-8-14)19(24)25/h4-11H,1-3H3,(H,24,25). The van der Waals surface area contributed by atoms with Crippen molar-refractivity contribution in [3.63, 3.8) is 0 Å². The smallest absolute Gasteiger partial charge is 0.335 e. The van der Waals surface area contributed by atoms with E-state index in [-0.39, 0.29) is 11.5 Å². The molecular weight excluding hydrogens is 348 g/mol. The van der Waals surface area contributed by atoms with Crippen LogP contribution in [0.15, 0.2) is 52.4 Å². The number of amides is 1. The number of aromatic carboxylic acids is 1. The van der Waals surface area contributed by atoms with Gasteiger partial charge in [0.05, 0.1) is 16.2 Å². The van der Waals surface area contributed by atoms with E-state index in [1.807, 2.05) is 32.0 Å². The molecule has 1 aliphatic rings. The van der Waals surface area contributed by atoms with Gasteiger partial charge in [0.2, 0.25) is 0 Å². The molecule has 5 nitrogen and oxygen atoms in total. The third-order valence-corrected chi connectivity index (χ3v) is 5.17. The SMILES string of the molecule is Cc1cccc(C)c1N=C1SC(=Cc2ccc(C(=O)O)cc2)C(=O)N1C. The molecule has 6 heteroatoms. The van der Waals surface area contributed by atoms with Gasteiger partial charge in [0, 0.05) is 7.05 Å². The molecule has 0 atom stereocenters. The zero-order valence-corrected chi connectivity index (χ0v) is 15.5. The maximum absolute atomic E-state index is 12.5. The summed E-state index contributed by atoms with van der Waals surface area (Å²) in [6.45, 7) is 3.99. The molecule has 1 amide bonds. The number of carbonyl (C=O) groups excluding carboxylic acids is 1. The minimum atomic E-state index is -0.974. The summed E-state index contributed by atoms with van der Waals surface area (Å²) in [5, 5.41) is 9.59. The zero-order chi connectivity index (χ0) is 18.8. The van der Waals surface area contributed by atoms with Gasteiger partial charge in [-0.1, -0.05) is 30.3 Å². The number of carbonyl (C=O) groups is 2. The van der Waals surface area contributed by atoms with Gasteiger partial charge in [0.1, 0.15) is 0 Å². The van der Waals surface area contributed by atoms with Gasteiger partial charge in [-0.15, -0.1) is 0 Å². The van der Waals surface area contributed by atoms with E-state index in [9.17, 15) is 9.59 Å². The Balaban J connectivity index is 1.91. The maximum atomic E-state index is 12.5. The van der Waals surface area contributed by atoms with Crippen LogP contribution < -0.4 is 0 Å². The fraction of sp³-hybridized carbons (Fsp3) is 0.150. The molecule has 0 saturated carbocycles. The van der Waals surface area contributed by atoms with Gasteiger partial charge in [-0.05, 0) is 60.5 Å². The van der Waals surface area contributed by atoms with E-state index in [4.69, 9.17) is 5.11 Å². The maximum Gasteiger partial charge on any atom is 0.335 e. The Kier molecular flexibility index (Phi) is 4.95. The molecule has 0 spiro atoms. The van der Waals surface area contributed by atoms with Crippen LogP contribution in [0.3, 0.4) is 0 Å². The van der Waals surface area contributed by atoms with Crippen molar-refractivity contribution in [2.75, 3.05) is 7.05 Å². The van der Waals surface area contributed by atoms with Crippen molar-refractivity contribution in [1.29, 1.82) is 0 Å². The Morgan fingerprint density at radius 2 is 1.73 bits per heavy atom. The number of thioether (sulfide) groups is 1. The fourth-order valence-corrected chi connectivity index (χ4v) is 3.58. The van der Waals surface area contributed by atoms with Crippen LogP contribution in [0.4, 0.5) is 5.69 Å². The molecule has 1 saturated heterocycles. The minimum absolute atomic E-state index is 0.123. The van der Waals surface area contributed by atoms with E-state index < -0.39 is 5.97 Å². The second kappa shape index (κ2) is 7.17. The Morgan fingerprint density at radius 3 is 2.31 bits per heavy atom. The van der Waals surface area contributed by atoms with E-state index in [1.165, 1.54) is 28.8 Å². The lowest BCUT2D eigenvalue weighted by Gasteiger charge is -2.09. The number of aliphatic imine (C=N–C) groups is 1. The van der Waals surface area contributed by atoms with E-state index in [0.29, 0.717) is 10.1 Å². The van der Waals surface area contributed by atoms with Crippen molar-refractivity contribution in [3.05, 3.63) is 69.6 Å². The Morgan fingerprint density at radius 1 is 1.12 bits per heavy atom. The number of para-hydroxylation sites is 1. The number of benzene rings is 2. The molecule has 0 unspecified atom stereocenters. The topological polar surface area (TPSA) is 70.0 Å². The molecule has 0 aromatic heterocycles. The quantitative estimate of drug-likeness (QED) is 0.825. The lowest BCUT2D eigenvalue weighted by Crippen LogP contribution is -2.23. The van der Waals surface area contributed by atoms with Crippen LogP contribution in [0.25, 0.3) is 6.08 Å². The molecule has 3 rings (SSSR count). The number of likely N-dealkylation sites (N-methyl/N-ethyl adjacent to an activating group) is 1. The molecule has 1 fully saturated rings. The van der Waals surface area contributed by atoms with Gasteiger partial charge in [0.15, 0.2) is 5.17 Å². The Hall–Kier alpha value is -2.86. The summed E-state index contributed by atoms with van der Waals surface area (Å²) in [5.74, 6) is -1.10. The van der Waals surface area contributed by atoms with Crippen LogP contribution in [-0.4, -0.2) is 34.1 Å². The van der Waals surface area contributed by atoms with Crippen molar-refractivity contribution in [1.82, 2.24) is 4.90 Å². The third-order valence-electron chi connectivity index (χ3n) is 4.11. The fourth-order valence-electron chi connectivity index (χ4n) is 2.60. The summed E-state index contributed by atoms with van der Waals surface area (Å²) < 4.78 is 0. The number of hydrogen-bond donors (Lipinski definition) is 1. The molecular formula is C20H18N2O3S. The van der Waals surface area contributed by atoms with Crippen LogP contribution in [0.1, 0.15) is 27.0 Å². The van der Waals surface area contributed by atoms with Crippen LogP contribution in [-0.2, 0) is 4.79 Å². The number of nitrogens with zero attached hydrogens (tertiary/aromatic N) is 2. The molecule has 0 aliphatic carbocycles. The largest absolute Gasteiger partial charge is 0.478 e. The van der Waals surface area contributed by atoms with Gasteiger partial charge in [-0.3, -0.25) is 9.69 Å². The predicted molar refractivity (Wildman–Crippen MR) is 105 cm³/mol. The number of hydrogen-bond acceptors (Lipinski definition) is 4. The van der Waals surface area contributed by atoms with E-state index in [1.54, 1.807) is 25.3 Å². The summed E-state index contributed by atoms with van der Waals surface area (Å²) in [6, 6.07) is 12.4. The van der Waals surface area contributed by atoms with E-state index in [0.717, 1.165) is 22.4 Å². The van der Waals surface area contributed by atoms with Crippen LogP contribution in [0, 0.1) is 13.8 Å². The number of aryl methyl sites for hydroxylation is 2. The van der Waals surface area contributed by atoms with Crippen LogP contribution >= 0.6 is 11.8 Å². The van der Waals surface area contributed by atoms with Gasteiger partial charge >= 0.3 is 5.97 Å². The van der Waals surface area contributed by atoms with Crippen molar-refractivity contribution in [2.45, 2.75) is 13.8 Å². The summed E-state index contributed by atoms with van der Waals surface area (Å²) in [5.41, 5.74) is 3.97. The van der Waals surface area contributed by atoms with E-state index in [2.05, 4.69) is 4.99 Å². The highest BCUT2D eigenvalue weighted by molar-refractivity contribution is 8.18. The molecule has 2 aromatic rings. The van der Waals surface area contributed by atoms with Crippen molar-refractivity contribution < 1.29 is 14.7 Å². The molecule has 0 bridgehead atoms. The summed E-state index contributed by atoms with van der Waals surface area (Å²) in [7, 11) is 1.70. The lowest BCUT2D eigenvalue weighted by molar-refractivity contribution is -0.121. The van der Waals surface area contributed by atoms with Crippen LogP contribution in [0.2, 0.25) is 0 Å². The third kappa shape index (κ3) is 3.55. The highest BCUT2D eigenvalue weighted by Gasteiger charge is 2.30. The number of amidine groups is 1. The van der Waals surface area contributed by atoms with Gasteiger partial charge < -0.3 is 5.11 Å². The first-order valence-corrected chi connectivity index (χ1v) is 8.84. The first-order chi connectivity index (χ1) is 12.4. The van der Waals surface area contributed by atoms with Crippen molar-refractivity contribution >= 4 is 40.6 Å². The molecule has 0 radical (unpaired) electrons. The lowest BCUT2D eigenvalue weighted by atomic mass is 10.1. The average molecular weight is 366 g/mol. The van der Waals surface area contributed by atoms with E-state index >= 15 is 0 Å². The van der Waals surface area contributed by atoms with Gasteiger partial charge in [-0.25, -0.2) is 9.79 Å². The minimum Gasteiger partial charge on any atom is -0.478 e. The number of rotatable bonds is 3. The molecule has 1 heterocycles. The number of carboxylic acid groups (broad SMARTS) is 1. The highest BCUT2D eigenvalue weighted by atomic mass is 32.2. The Labute approximate surface area is 156 Å². The Bertz CT molecular complexity index is 926. The van der Waals surface area contributed by atoms with Crippen molar-refractivity contribution in [2.24, 2.45) is 4.99 Å². The zero-order valence-electron chi connectivity index (χ0n) is 14.7. The van der Waals surface area contributed by atoms with Crippen molar-refractivity contribution in [3.8, 4) is 0 Å².